The maximum absolute atomic E-state index is 10.6. The number of carboxylic acids is 3. The zero-order valence-electron chi connectivity index (χ0n) is 23.9. The number of halogens is 9. The molecule has 0 spiro atoms. The highest BCUT2D eigenvalue weighted by molar-refractivity contribution is 5.73. The van der Waals surface area contributed by atoms with E-state index >= 15 is 0 Å². The molecule has 4 rings (SSSR count). The van der Waals surface area contributed by atoms with Crippen molar-refractivity contribution in [3.8, 4) is 5.75 Å². The highest BCUT2D eigenvalue weighted by Crippen LogP contribution is 2.34. The minimum Gasteiger partial charge on any atom is -0.493 e. The van der Waals surface area contributed by atoms with Crippen LogP contribution in [0.4, 0.5) is 39.5 Å². The summed E-state index contributed by atoms with van der Waals surface area (Å²) in [5.74, 6) is -6.34. The van der Waals surface area contributed by atoms with Crippen LogP contribution in [0.15, 0.2) is 36.7 Å². The molecular weight excluding hydrogens is 653 g/mol. The number of rotatable bonds is 5. The molecule has 0 saturated carbocycles. The van der Waals surface area contributed by atoms with Gasteiger partial charge < -0.3 is 24.8 Å². The zero-order valence-corrected chi connectivity index (χ0v) is 23.9. The molecular formula is C26H28F9N3O8. The molecule has 11 nitrogen and oxygen atoms in total. The Labute approximate surface area is 254 Å². The number of alkyl halides is 9. The minimum atomic E-state index is -5.08. The quantitative estimate of drug-likeness (QED) is 0.381. The Balaban J connectivity index is 0.000000413. The predicted octanol–water partition coefficient (Wildman–Crippen LogP) is 4.52. The zero-order chi connectivity index (χ0) is 35.5. The number of hydrogen-bond acceptors (Lipinski definition) is 8. The van der Waals surface area contributed by atoms with Gasteiger partial charge in [0, 0.05) is 67.4 Å². The molecule has 2 fully saturated rings. The molecule has 2 aromatic rings. The molecule has 0 unspecified atom stereocenters. The molecule has 0 aliphatic carbocycles. The maximum atomic E-state index is 10.6. The largest absolute Gasteiger partial charge is 0.493 e. The summed E-state index contributed by atoms with van der Waals surface area (Å²) in [5.41, 5.74) is 3.26. The number of fused-ring (bicyclic) bond motifs is 1. The van der Waals surface area contributed by atoms with Gasteiger partial charge in [-0.2, -0.15) is 39.5 Å². The standard InChI is InChI=1S/C20H25N3O2.3C2HF3O2/c1-14-6-18(7-15(2)22-14)24-12-17-13-25-20-11-23(10-19(17)20)9-16-4-3-5-21-8-16;3*3-2(4,5)1(6)7/h3-8,17,19-20H,9-13H2,1-2H3;3*(H,6,7)/t17-,19+,20+;;;/m0.../s1. The van der Waals surface area contributed by atoms with E-state index in [2.05, 4.69) is 20.9 Å². The summed E-state index contributed by atoms with van der Waals surface area (Å²) >= 11 is 0. The molecule has 46 heavy (non-hydrogen) atoms. The second kappa shape index (κ2) is 16.9. The highest BCUT2D eigenvalue weighted by Gasteiger charge is 2.44. The van der Waals surface area contributed by atoms with Crippen molar-refractivity contribution in [1.82, 2.24) is 14.9 Å². The third-order valence-corrected chi connectivity index (χ3v) is 5.89. The average Bonchev–Trinajstić information content (AvgIpc) is 3.47. The Morgan fingerprint density at radius 2 is 1.37 bits per heavy atom. The molecule has 0 amide bonds. The molecule has 20 heteroatoms. The number of pyridine rings is 2. The summed E-state index contributed by atoms with van der Waals surface area (Å²) in [7, 11) is 0. The Bertz CT molecular complexity index is 1210. The number of aromatic nitrogens is 2. The van der Waals surface area contributed by atoms with Crippen molar-refractivity contribution >= 4 is 17.9 Å². The Morgan fingerprint density at radius 1 is 0.891 bits per heavy atom. The van der Waals surface area contributed by atoms with Gasteiger partial charge in [-0.05, 0) is 25.5 Å². The molecule has 0 bridgehead atoms. The lowest BCUT2D eigenvalue weighted by Crippen LogP contribution is -2.26. The minimum absolute atomic E-state index is 0.339. The summed E-state index contributed by atoms with van der Waals surface area (Å²) in [5, 5.41) is 21.4. The van der Waals surface area contributed by atoms with Crippen molar-refractivity contribution in [2.75, 3.05) is 26.3 Å². The molecule has 2 aliphatic rings. The monoisotopic (exact) mass is 681 g/mol. The van der Waals surface area contributed by atoms with Gasteiger partial charge in [0.2, 0.25) is 0 Å². The molecule has 2 aromatic heterocycles. The third-order valence-electron chi connectivity index (χ3n) is 5.89. The Kier molecular flexibility index (Phi) is 14.6. The van der Waals surface area contributed by atoms with Crippen molar-refractivity contribution in [2.24, 2.45) is 11.8 Å². The maximum Gasteiger partial charge on any atom is 0.490 e. The van der Waals surface area contributed by atoms with Crippen LogP contribution in [0.5, 0.6) is 5.75 Å². The second-order valence-corrected chi connectivity index (χ2v) is 9.66. The van der Waals surface area contributed by atoms with Gasteiger partial charge in [0.15, 0.2) is 0 Å². The lowest BCUT2D eigenvalue weighted by atomic mass is 9.94. The van der Waals surface area contributed by atoms with Crippen molar-refractivity contribution in [1.29, 1.82) is 0 Å². The highest BCUT2D eigenvalue weighted by atomic mass is 19.4. The van der Waals surface area contributed by atoms with E-state index in [0.717, 1.165) is 43.4 Å². The van der Waals surface area contributed by atoms with E-state index in [1.165, 1.54) is 5.56 Å². The van der Waals surface area contributed by atoms with Crippen LogP contribution in [0.3, 0.4) is 0 Å². The Hall–Kier alpha value is -4.20. The SMILES string of the molecule is Cc1cc(OC[C@H]2CO[C@@H]3CN(Cc4cccnc4)C[C@H]23)cc(C)n1.O=C(O)C(F)(F)F.O=C(O)C(F)(F)F.O=C(O)C(F)(F)F. The van der Waals surface area contributed by atoms with Gasteiger partial charge in [-0.1, -0.05) is 6.07 Å². The van der Waals surface area contributed by atoms with Crippen molar-refractivity contribution in [3.63, 3.8) is 0 Å². The number of carboxylic acid groups (broad SMARTS) is 3. The van der Waals surface area contributed by atoms with E-state index < -0.39 is 36.4 Å². The summed E-state index contributed by atoms with van der Waals surface area (Å²) in [6, 6.07) is 8.14. The van der Waals surface area contributed by atoms with Crippen molar-refractivity contribution < 1.29 is 78.7 Å². The fourth-order valence-electron chi connectivity index (χ4n) is 4.01. The van der Waals surface area contributed by atoms with E-state index in [-0.39, 0.29) is 0 Å². The molecule has 4 heterocycles. The first-order valence-electron chi connectivity index (χ1n) is 12.7. The summed E-state index contributed by atoms with van der Waals surface area (Å²) in [6.45, 7) is 8.54. The lowest BCUT2D eigenvalue weighted by Gasteiger charge is -2.20. The van der Waals surface area contributed by atoms with Gasteiger partial charge in [0.05, 0.1) is 19.3 Å². The fraction of sp³-hybridized carbons (Fsp3) is 0.500. The van der Waals surface area contributed by atoms with Gasteiger partial charge >= 0.3 is 36.4 Å². The van der Waals surface area contributed by atoms with Crippen molar-refractivity contribution in [2.45, 2.75) is 45.0 Å². The second-order valence-electron chi connectivity index (χ2n) is 9.66. The van der Waals surface area contributed by atoms with E-state index in [0.29, 0.717) is 24.5 Å². The van der Waals surface area contributed by atoms with Gasteiger partial charge in [-0.25, -0.2) is 14.4 Å². The van der Waals surface area contributed by atoms with E-state index in [4.69, 9.17) is 39.2 Å². The van der Waals surface area contributed by atoms with E-state index in [1.54, 1.807) is 0 Å². The van der Waals surface area contributed by atoms with Crippen LogP contribution in [-0.4, -0.2) is 99.0 Å². The third kappa shape index (κ3) is 14.7. The number of ether oxygens (including phenoxy) is 2. The molecule has 3 atom stereocenters. The van der Waals surface area contributed by atoms with Crippen LogP contribution in [0, 0.1) is 25.7 Å². The van der Waals surface area contributed by atoms with Crippen LogP contribution in [0.2, 0.25) is 0 Å². The molecule has 2 saturated heterocycles. The fourth-order valence-corrected chi connectivity index (χ4v) is 4.01. The van der Waals surface area contributed by atoms with E-state index in [1.807, 2.05) is 44.4 Å². The number of aliphatic carboxylic acids is 3. The molecule has 0 aromatic carbocycles. The molecule has 258 valence electrons. The van der Waals surface area contributed by atoms with Crippen LogP contribution in [0.25, 0.3) is 0 Å². The topological polar surface area (TPSA) is 159 Å². The number of nitrogens with zero attached hydrogens (tertiary/aromatic N) is 3. The van der Waals surface area contributed by atoms with Crippen LogP contribution >= 0.6 is 0 Å². The van der Waals surface area contributed by atoms with Crippen LogP contribution in [0.1, 0.15) is 17.0 Å². The summed E-state index contributed by atoms with van der Waals surface area (Å²) in [6.07, 6.45) is -11.1. The normalized spacial score (nSPS) is 19.2. The summed E-state index contributed by atoms with van der Waals surface area (Å²) in [4.78, 5) is 37.8. The summed E-state index contributed by atoms with van der Waals surface area (Å²) < 4.78 is 107. The smallest absolute Gasteiger partial charge is 0.490 e. The van der Waals surface area contributed by atoms with Gasteiger partial charge in [-0.15, -0.1) is 0 Å². The Morgan fingerprint density at radius 3 is 1.78 bits per heavy atom. The predicted molar refractivity (Wildman–Crippen MR) is 137 cm³/mol. The number of aryl methyl sites for hydroxylation is 2. The van der Waals surface area contributed by atoms with E-state index in [9.17, 15) is 39.5 Å². The number of carbonyl (C=O) groups is 3. The van der Waals surface area contributed by atoms with Gasteiger partial charge in [-0.3, -0.25) is 14.9 Å². The first-order chi connectivity index (χ1) is 21.0. The average molecular weight is 682 g/mol. The lowest BCUT2D eigenvalue weighted by molar-refractivity contribution is -0.193. The van der Waals surface area contributed by atoms with Gasteiger partial charge in [0.25, 0.3) is 0 Å². The van der Waals surface area contributed by atoms with Crippen LogP contribution in [-0.2, 0) is 25.7 Å². The first kappa shape index (κ1) is 39.8. The van der Waals surface area contributed by atoms with Crippen molar-refractivity contribution in [3.05, 3.63) is 53.6 Å². The number of likely N-dealkylation sites (tertiary alicyclic amines) is 1. The molecule has 3 N–H and O–H groups in total. The number of hydrogen-bond donors (Lipinski definition) is 3. The molecule has 0 radical (unpaired) electrons. The first-order valence-corrected chi connectivity index (χ1v) is 12.7. The van der Waals surface area contributed by atoms with Crippen LogP contribution < -0.4 is 4.74 Å². The molecule has 2 aliphatic heterocycles. The van der Waals surface area contributed by atoms with Gasteiger partial charge in [0.1, 0.15) is 5.75 Å².